The summed E-state index contributed by atoms with van der Waals surface area (Å²) in [5.41, 5.74) is -0.244. The van der Waals surface area contributed by atoms with Crippen LogP contribution in [0.15, 0.2) is 36.8 Å². The van der Waals surface area contributed by atoms with Crippen molar-refractivity contribution in [3.63, 3.8) is 0 Å². The molecule has 1 aliphatic rings. The zero-order valence-electron chi connectivity index (χ0n) is 17.8. The van der Waals surface area contributed by atoms with Gasteiger partial charge in [-0.15, -0.1) is 4.80 Å². The highest BCUT2D eigenvalue weighted by Crippen LogP contribution is 2.32. The molecule has 33 heavy (non-hydrogen) atoms. The van der Waals surface area contributed by atoms with Gasteiger partial charge in [0.15, 0.2) is 11.6 Å². The van der Waals surface area contributed by atoms with Crippen molar-refractivity contribution in [2.75, 3.05) is 6.54 Å². The first-order chi connectivity index (χ1) is 15.6. The molecule has 174 valence electrons. The van der Waals surface area contributed by atoms with Crippen molar-refractivity contribution >= 4 is 5.91 Å². The van der Waals surface area contributed by atoms with Crippen LogP contribution in [0.1, 0.15) is 41.4 Å². The van der Waals surface area contributed by atoms with E-state index < -0.39 is 35.6 Å². The van der Waals surface area contributed by atoms with Crippen molar-refractivity contribution in [2.24, 2.45) is 0 Å². The Morgan fingerprint density at radius 3 is 2.61 bits per heavy atom. The number of aromatic nitrogens is 5. The van der Waals surface area contributed by atoms with E-state index in [1.807, 2.05) is 0 Å². The summed E-state index contributed by atoms with van der Waals surface area (Å²) in [6, 6.07) is 3.18. The van der Waals surface area contributed by atoms with E-state index >= 15 is 0 Å². The Balaban J connectivity index is 1.56. The Hall–Kier alpha value is -3.57. The van der Waals surface area contributed by atoms with Crippen LogP contribution in [0.4, 0.5) is 17.6 Å². The molecule has 1 saturated heterocycles. The minimum Gasteiger partial charge on any atom is -0.470 e. The lowest BCUT2D eigenvalue weighted by Gasteiger charge is -2.39. The van der Waals surface area contributed by atoms with Gasteiger partial charge < -0.3 is 9.64 Å². The molecule has 3 aromatic rings. The van der Waals surface area contributed by atoms with Crippen LogP contribution in [0.25, 0.3) is 5.82 Å². The van der Waals surface area contributed by atoms with Crippen LogP contribution in [-0.2, 0) is 6.18 Å². The van der Waals surface area contributed by atoms with Crippen LogP contribution in [0.5, 0.6) is 5.88 Å². The number of piperidine rings is 1. The number of hydrogen-bond acceptors (Lipinski definition) is 6. The number of halogens is 4. The van der Waals surface area contributed by atoms with Gasteiger partial charge in [0.2, 0.25) is 0 Å². The second-order valence-corrected chi connectivity index (χ2v) is 7.69. The summed E-state index contributed by atoms with van der Waals surface area (Å²) in [4.78, 5) is 24.1. The molecule has 2 unspecified atom stereocenters. The molecule has 1 fully saturated rings. The fourth-order valence-corrected chi connectivity index (χ4v) is 3.70. The predicted octanol–water partition coefficient (Wildman–Crippen LogP) is 3.60. The second kappa shape index (κ2) is 8.75. The molecule has 0 aromatic carbocycles. The van der Waals surface area contributed by atoms with E-state index in [4.69, 9.17) is 4.74 Å². The number of amides is 1. The summed E-state index contributed by atoms with van der Waals surface area (Å²) in [6.45, 7) is 3.93. The van der Waals surface area contributed by atoms with Gasteiger partial charge in [0, 0.05) is 18.4 Å². The fourth-order valence-electron chi connectivity index (χ4n) is 3.70. The van der Waals surface area contributed by atoms with E-state index in [1.165, 1.54) is 17.2 Å². The summed E-state index contributed by atoms with van der Waals surface area (Å²) in [6.07, 6.45) is -0.877. The van der Waals surface area contributed by atoms with Crippen molar-refractivity contribution in [1.82, 2.24) is 29.9 Å². The third kappa shape index (κ3) is 4.64. The number of alkyl halides is 3. The molecule has 1 amide bonds. The largest absolute Gasteiger partial charge is 0.470 e. The van der Waals surface area contributed by atoms with E-state index in [2.05, 4.69) is 20.2 Å². The number of ether oxygens (including phenoxy) is 1. The first-order valence-electron chi connectivity index (χ1n) is 10.2. The third-order valence-electron chi connectivity index (χ3n) is 5.43. The lowest BCUT2D eigenvalue weighted by molar-refractivity contribution is -0.138. The average molecular weight is 464 g/mol. The fraction of sp³-hybridized carbons (Fsp3) is 0.381. The summed E-state index contributed by atoms with van der Waals surface area (Å²) in [5.74, 6) is -1.81. The zero-order chi connectivity index (χ0) is 23.8. The lowest BCUT2D eigenvalue weighted by Crippen LogP contribution is -2.51. The standard InChI is InChI=1S/C21H20F4N6O2/c1-12-5-6-15(18(29-12)31-27-7-8-28-31)20(32)30-9-3-4-17(13(30)2)33-19-16(22)10-14(11-26-19)21(23,24)25/h5-8,10-11,13,17H,3-4,9H2,1-2H3. The van der Waals surface area contributed by atoms with Crippen LogP contribution in [-0.4, -0.2) is 54.5 Å². The van der Waals surface area contributed by atoms with E-state index in [9.17, 15) is 22.4 Å². The second-order valence-electron chi connectivity index (χ2n) is 7.69. The van der Waals surface area contributed by atoms with Crippen molar-refractivity contribution in [2.45, 2.75) is 45.0 Å². The maximum Gasteiger partial charge on any atom is 0.417 e. The van der Waals surface area contributed by atoms with Crippen molar-refractivity contribution < 1.29 is 27.1 Å². The van der Waals surface area contributed by atoms with E-state index in [-0.39, 0.29) is 17.3 Å². The van der Waals surface area contributed by atoms with Crippen LogP contribution in [0.2, 0.25) is 0 Å². The molecule has 0 bridgehead atoms. The van der Waals surface area contributed by atoms with Crippen LogP contribution >= 0.6 is 0 Å². The number of nitrogens with zero attached hydrogens (tertiary/aromatic N) is 6. The first-order valence-corrected chi connectivity index (χ1v) is 10.2. The summed E-state index contributed by atoms with van der Waals surface area (Å²) >= 11 is 0. The van der Waals surface area contributed by atoms with Gasteiger partial charge in [0.05, 0.1) is 29.6 Å². The molecular formula is C21H20F4N6O2. The molecule has 4 rings (SSSR count). The molecule has 2 atom stereocenters. The minimum atomic E-state index is -4.71. The number of likely N-dealkylation sites (tertiary alicyclic amines) is 1. The number of carbonyl (C=O) groups excluding carboxylic acids is 1. The van der Waals surface area contributed by atoms with E-state index in [1.54, 1.807) is 30.9 Å². The number of aryl methyl sites for hydroxylation is 1. The molecule has 0 saturated carbocycles. The van der Waals surface area contributed by atoms with E-state index in [0.29, 0.717) is 37.3 Å². The Labute approximate surface area is 186 Å². The number of hydrogen-bond donors (Lipinski definition) is 0. The van der Waals surface area contributed by atoms with E-state index in [0.717, 1.165) is 0 Å². The van der Waals surface area contributed by atoms with Gasteiger partial charge in [0.1, 0.15) is 6.10 Å². The summed E-state index contributed by atoms with van der Waals surface area (Å²) < 4.78 is 58.2. The molecule has 12 heteroatoms. The maximum absolute atomic E-state index is 14.2. The SMILES string of the molecule is Cc1ccc(C(=O)N2CCCC(Oc3ncc(C(F)(F)F)cc3F)C2C)c(-n2nccn2)n1. The number of carbonyl (C=O) groups is 1. The van der Waals surface area contributed by atoms with Crippen molar-refractivity contribution in [3.05, 3.63) is 59.4 Å². The topological polar surface area (TPSA) is 86.0 Å². The Bertz CT molecular complexity index is 1150. The molecule has 8 nitrogen and oxygen atoms in total. The Kier molecular flexibility index (Phi) is 6.00. The molecule has 3 aromatic heterocycles. The van der Waals surface area contributed by atoms with Gasteiger partial charge in [-0.05, 0) is 44.9 Å². The third-order valence-corrected chi connectivity index (χ3v) is 5.43. The molecule has 0 aliphatic carbocycles. The van der Waals surface area contributed by atoms with Gasteiger partial charge in [-0.1, -0.05) is 0 Å². The molecule has 4 heterocycles. The minimum absolute atomic E-state index is 0.274. The van der Waals surface area contributed by atoms with Crippen molar-refractivity contribution in [3.8, 4) is 11.7 Å². The predicted molar refractivity (Wildman–Crippen MR) is 107 cm³/mol. The van der Waals surface area contributed by atoms with Gasteiger partial charge in [-0.25, -0.2) is 14.4 Å². The molecule has 0 spiro atoms. The normalized spacial score (nSPS) is 18.9. The monoisotopic (exact) mass is 464 g/mol. The van der Waals surface area contributed by atoms with Crippen LogP contribution < -0.4 is 4.74 Å². The Morgan fingerprint density at radius 1 is 1.21 bits per heavy atom. The summed E-state index contributed by atoms with van der Waals surface area (Å²) in [7, 11) is 0. The molecule has 0 N–H and O–H groups in total. The highest BCUT2D eigenvalue weighted by molar-refractivity contribution is 5.97. The van der Waals surface area contributed by atoms with Gasteiger partial charge >= 0.3 is 6.18 Å². The van der Waals surface area contributed by atoms with Crippen molar-refractivity contribution in [1.29, 1.82) is 0 Å². The molecular weight excluding hydrogens is 444 g/mol. The molecule has 0 radical (unpaired) electrons. The highest BCUT2D eigenvalue weighted by atomic mass is 19.4. The quantitative estimate of drug-likeness (QED) is 0.549. The molecule has 1 aliphatic heterocycles. The number of pyridine rings is 2. The number of rotatable bonds is 4. The zero-order valence-corrected chi connectivity index (χ0v) is 17.8. The highest BCUT2D eigenvalue weighted by Gasteiger charge is 2.36. The maximum atomic E-state index is 14.2. The smallest absolute Gasteiger partial charge is 0.417 e. The van der Waals surface area contributed by atoms with Gasteiger partial charge in [-0.2, -0.15) is 23.4 Å². The van der Waals surface area contributed by atoms with Crippen LogP contribution in [0, 0.1) is 12.7 Å². The van der Waals surface area contributed by atoms with Crippen LogP contribution in [0.3, 0.4) is 0 Å². The van der Waals surface area contributed by atoms with Gasteiger partial charge in [-0.3, -0.25) is 4.79 Å². The average Bonchev–Trinajstić information content (AvgIpc) is 3.30. The lowest BCUT2D eigenvalue weighted by atomic mass is 9.99. The summed E-state index contributed by atoms with van der Waals surface area (Å²) in [5, 5.41) is 8.11. The van der Waals surface area contributed by atoms with Gasteiger partial charge in [0.25, 0.3) is 11.8 Å². The Morgan fingerprint density at radius 2 is 1.94 bits per heavy atom. The first kappa shape index (κ1) is 22.6.